The van der Waals surface area contributed by atoms with Gasteiger partial charge in [-0.3, -0.25) is 0 Å². The lowest BCUT2D eigenvalue weighted by Crippen LogP contribution is -2.13. The van der Waals surface area contributed by atoms with Crippen molar-refractivity contribution in [2.45, 2.75) is 9.92 Å². The molecule has 0 fully saturated rings. The van der Waals surface area contributed by atoms with Gasteiger partial charge < -0.3 is 9.32 Å². The Hall–Kier alpha value is -2.12. The number of hydrogen-bond acceptors (Lipinski definition) is 5. The lowest BCUT2D eigenvalue weighted by molar-refractivity contribution is 0.564. The summed E-state index contributed by atoms with van der Waals surface area (Å²) >= 11 is 3.30. The standard InChI is InChI=1S/C17H15BrN2O3S/c1-20(2)17-16(19-15(23-17)12-6-4-3-5-7-12)24(21,22)14-10-8-13(18)9-11-14/h3-11H,1-2H3. The van der Waals surface area contributed by atoms with E-state index in [9.17, 15) is 8.42 Å². The van der Waals surface area contributed by atoms with Crippen LogP contribution < -0.4 is 4.90 Å². The number of oxazole rings is 1. The van der Waals surface area contributed by atoms with Crippen LogP contribution in [0.1, 0.15) is 0 Å². The largest absolute Gasteiger partial charge is 0.419 e. The fourth-order valence-corrected chi connectivity index (χ4v) is 3.82. The Labute approximate surface area is 149 Å². The number of halogens is 1. The average molecular weight is 407 g/mol. The van der Waals surface area contributed by atoms with Gasteiger partial charge in [-0.25, -0.2) is 8.42 Å². The van der Waals surface area contributed by atoms with Crippen LogP contribution in [0.5, 0.6) is 0 Å². The molecule has 3 rings (SSSR count). The van der Waals surface area contributed by atoms with Gasteiger partial charge in [0.1, 0.15) is 0 Å². The Morgan fingerprint density at radius 1 is 1.00 bits per heavy atom. The molecule has 0 unspecified atom stereocenters. The molecule has 0 atom stereocenters. The summed E-state index contributed by atoms with van der Waals surface area (Å²) in [6.07, 6.45) is 0. The third-order valence-electron chi connectivity index (χ3n) is 3.38. The molecule has 0 radical (unpaired) electrons. The first kappa shape index (κ1) is 16.7. The van der Waals surface area contributed by atoms with Crippen molar-refractivity contribution >= 4 is 31.7 Å². The maximum Gasteiger partial charge on any atom is 0.235 e. The Bertz CT molecular complexity index is 949. The third kappa shape index (κ3) is 3.09. The normalized spacial score (nSPS) is 11.5. The third-order valence-corrected chi connectivity index (χ3v) is 5.58. The maximum atomic E-state index is 13.0. The molecule has 0 saturated heterocycles. The molecule has 3 aromatic rings. The molecule has 0 spiro atoms. The predicted octanol–water partition coefficient (Wildman–Crippen LogP) is 4.00. The zero-order chi connectivity index (χ0) is 17.3. The first-order valence-corrected chi connectivity index (χ1v) is 9.41. The van der Waals surface area contributed by atoms with Gasteiger partial charge in [-0.1, -0.05) is 34.1 Å². The number of aromatic nitrogens is 1. The summed E-state index contributed by atoms with van der Waals surface area (Å²) in [5, 5.41) is -0.0892. The molecule has 0 aliphatic heterocycles. The second kappa shape index (κ2) is 6.41. The van der Waals surface area contributed by atoms with Crippen molar-refractivity contribution in [1.82, 2.24) is 4.98 Å². The fraction of sp³-hybridized carbons (Fsp3) is 0.118. The fourth-order valence-electron chi connectivity index (χ4n) is 2.19. The van der Waals surface area contributed by atoms with Crippen LogP contribution in [0.2, 0.25) is 0 Å². The minimum Gasteiger partial charge on any atom is -0.419 e. The summed E-state index contributed by atoms with van der Waals surface area (Å²) in [4.78, 5) is 6.03. The van der Waals surface area contributed by atoms with Crippen molar-refractivity contribution in [3.63, 3.8) is 0 Å². The average Bonchev–Trinajstić information content (AvgIpc) is 3.02. The summed E-state index contributed by atoms with van der Waals surface area (Å²) in [5.41, 5.74) is 0.720. The molecule has 0 bridgehead atoms. The van der Waals surface area contributed by atoms with Gasteiger partial charge in [-0.2, -0.15) is 4.98 Å². The highest BCUT2D eigenvalue weighted by atomic mass is 79.9. The van der Waals surface area contributed by atoms with Crippen molar-refractivity contribution < 1.29 is 12.8 Å². The summed E-state index contributed by atoms with van der Waals surface area (Å²) in [6.45, 7) is 0. The van der Waals surface area contributed by atoms with E-state index in [2.05, 4.69) is 20.9 Å². The smallest absolute Gasteiger partial charge is 0.235 e. The summed E-state index contributed by atoms with van der Waals surface area (Å²) in [5.74, 6) is 0.478. The Morgan fingerprint density at radius 2 is 1.62 bits per heavy atom. The molecular weight excluding hydrogens is 392 g/mol. The highest BCUT2D eigenvalue weighted by molar-refractivity contribution is 9.10. The molecule has 5 nitrogen and oxygen atoms in total. The van der Waals surface area contributed by atoms with Gasteiger partial charge >= 0.3 is 0 Å². The lowest BCUT2D eigenvalue weighted by atomic mass is 10.2. The van der Waals surface area contributed by atoms with E-state index < -0.39 is 9.84 Å². The van der Waals surface area contributed by atoms with E-state index in [1.54, 1.807) is 31.1 Å². The van der Waals surface area contributed by atoms with Crippen molar-refractivity contribution in [3.8, 4) is 11.5 Å². The number of anilines is 1. The molecular formula is C17H15BrN2O3S. The number of benzene rings is 2. The molecule has 0 saturated carbocycles. The molecule has 0 N–H and O–H groups in total. The zero-order valence-corrected chi connectivity index (χ0v) is 15.5. The van der Waals surface area contributed by atoms with E-state index in [0.717, 1.165) is 10.0 Å². The second-order valence-corrected chi connectivity index (χ2v) is 8.13. The Morgan fingerprint density at radius 3 is 2.21 bits per heavy atom. The van der Waals surface area contributed by atoms with Gasteiger partial charge in [0.15, 0.2) is 0 Å². The summed E-state index contributed by atoms with van der Waals surface area (Å²) in [6, 6.07) is 15.6. The van der Waals surface area contributed by atoms with E-state index in [1.807, 2.05) is 30.3 Å². The van der Waals surface area contributed by atoms with Crippen LogP contribution in [-0.2, 0) is 9.84 Å². The number of nitrogens with zero attached hydrogens (tertiary/aromatic N) is 2. The van der Waals surface area contributed by atoms with Gasteiger partial charge in [-0.05, 0) is 36.4 Å². The Balaban J connectivity index is 2.16. The van der Waals surface area contributed by atoms with E-state index in [1.165, 1.54) is 12.1 Å². The maximum absolute atomic E-state index is 13.0. The highest BCUT2D eigenvalue weighted by Gasteiger charge is 2.29. The minimum atomic E-state index is -3.79. The van der Waals surface area contributed by atoms with Crippen molar-refractivity contribution in [3.05, 3.63) is 59.1 Å². The van der Waals surface area contributed by atoms with Crippen LogP contribution >= 0.6 is 15.9 Å². The van der Waals surface area contributed by atoms with E-state index in [0.29, 0.717) is 0 Å². The van der Waals surface area contributed by atoms with Crippen molar-refractivity contribution in [2.24, 2.45) is 0 Å². The van der Waals surface area contributed by atoms with E-state index in [4.69, 9.17) is 4.42 Å². The second-order valence-electron chi connectivity index (χ2n) is 5.35. The van der Waals surface area contributed by atoms with Crippen LogP contribution in [0, 0.1) is 0 Å². The first-order valence-electron chi connectivity index (χ1n) is 7.14. The molecule has 2 aromatic carbocycles. The number of hydrogen-bond donors (Lipinski definition) is 0. The van der Waals surface area contributed by atoms with Gasteiger partial charge in [0, 0.05) is 24.1 Å². The van der Waals surface area contributed by atoms with Gasteiger partial charge in [0.05, 0.1) is 4.90 Å². The van der Waals surface area contributed by atoms with Crippen LogP contribution in [0.15, 0.2) is 73.4 Å². The number of sulfone groups is 1. The Kier molecular flexibility index (Phi) is 4.47. The molecule has 7 heteroatoms. The summed E-state index contributed by atoms with van der Waals surface area (Å²) < 4.78 is 32.4. The van der Waals surface area contributed by atoms with E-state index in [-0.39, 0.29) is 21.7 Å². The molecule has 124 valence electrons. The highest BCUT2D eigenvalue weighted by Crippen LogP contribution is 2.33. The van der Waals surface area contributed by atoms with Crippen LogP contribution in [0.25, 0.3) is 11.5 Å². The van der Waals surface area contributed by atoms with E-state index >= 15 is 0 Å². The molecule has 0 aliphatic rings. The SMILES string of the molecule is CN(C)c1oc(-c2ccccc2)nc1S(=O)(=O)c1ccc(Br)cc1. The van der Waals surface area contributed by atoms with Crippen molar-refractivity contribution in [2.75, 3.05) is 19.0 Å². The lowest BCUT2D eigenvalue weighted by Gasteiger charge is -2.10. The monoisotopic (exact) mass is 406 g/mol. The van der Waals surface area contributed by atoms with Gasteiger partial charge in [0.25, 0.3) is 0 Å². The molecule has 24 heavy (non-hydrogen) atoms. The molecule has 0 amide bonds. The predicted molar refractivity (Wildman–Crippen MR) is 95.9 cm³/mol. The van der Waals surface area contributed by atoms with Crippen LogP contribution in [0.3, 0.4) is 0 Å². The quantitative estimate of drug-likeness (QED) is 0.654. The molecule has 1 heterocycles. The van der Waals surface area contributed by atoms with Crippen molar-refractivity contribution in [1.29, 1.82) is 0 Å². The molecule has 0 aliphatic carbocycles. The van der Waals surface area contributed by atoms with Gasteiger partial charge in [0.2, 0.25) is 26.6 Å². The summed E-state index contributed by atoms with van der Waals surface area (Å²) in [7, 11) is -0.350. The van der Waals surface area contributed by atoms with Crippen LogP contribution in [-0.4, -0.2) is 27.5 Å². The topological polar surface area (TPSA) is 63.4 Å². The minimum absolute atomic E-state index is 0.0892. The van der Waals surface area contributed by atoms with Gasteiger partial charge in [-0.15, -0.1) is 0 Å². The van der Waals surface area contributed by atoms with Crippen LogP contribution in [0.4, 0.5) is 5.88 Å². The number of rotatable bonds is 4. The molecule has 1 aromatic heterocycles. The zero-order valence-electron chi connectivity index (χ0n) is 13.1. The first-order chi connectivity index (χ1) is 11.4.